The molecule has 0 bridgehead atoms. The molecule has 0 saturated carbocycles. The Hall–Kier alpha value is -4.26. The van der Waals surface area contributed by atoms with Crippen molar-refractivity contribution in [3.63, 3.8) is 0 Å². The highest BCUT2D eigenvalue weighted by Gasteiger charge is 2.17. The van der Waals surface area contributed by atoms with Gasteiger partial charge in [-0.25, -0.2) is 18.4 Å². The summed E-state index contributed by atoms with van der Waals surface area (Å²) >= 11 is 0. The fourth-order valence-corrected chi connectivity index (χ4v) is 3.35. The van der Waals surface area contributed by atoms with Gasteiger partial charge >= 0.3 is 0 Å². The van der Waals surface area contributed by atoms with Gasteiger partial charge in [0.05, 0.1) is 23.0 Å². The van der Waals surface area contributed by atoms with Gasteiger partial charge in [-0.15, -0.1) is 0 Å². The lowest BCUT2D eigenvalue weighted by Gasteiger charge is -2.04. The minimum Gasteiger partial charge on any atom is -0.385 e. The molecule has 8 nitrogen and oxygen atoms in total. The van der Waals surface area contributed by atoms with Crippen LogP contribution in [-0.4, -0.2) is 29.5 Å². The second-order valence-corrected chi connectivity index (χ2v) is 6.87. The zero-order valence-electron chi connectivity index (χ0n) is 16.7. The summed E-state index contributed by atoms with van der Waals surface area (Å²) in [5.41, 5.74) is 8.92. The number of anilines is 1. The number of aryl methyl sites for hydroxylation is 2. The smallest absolute Gasteiger partial charge is 0.280 e. The largest absolute Gasteiger partial charge is 0.385 e. The number of aromatic amines is 1. The number of nitrogens with zero attached hydrogens (tertiary/aromatic N) is 6. The highest BCUT2D eigenvalue weighted by Crippen LogP contribution is 2.27. The van der Waals surface area contributed by atoms with Crippen LogP contribution in [0.5, 0.6) is 0 Å². The van der Waals surface area contributed by atoms with Crippen LogP contribution in [0.1, 0.15) is 23.4 Å². The number of nitrogen functional groups attached to an aromatic ring is 1. The molecular formula is C21H18F2N8. The molecule has 3 N–H and O–H groups in total. The fourth-order valence-electron chi connectivity index (χ4n) is 3.35. The molecule has 10 heteroatoms. The van der Waals surface area contributed by atoms with Crippen LogP contribution in [0.3, 0.4) is 0 Å². The Kier molecular flexibility index (Phi) is 5.09. The summed E-state index contributed by atoms with van der Waals surface area (Å²) < 4.78 is 29.6. The van der Waals surface area contributed by atoms with E-state index in [2.05, 4.69) is 26.2 Å². The maximum absolute atomic E-state index is 13.4. The molecule has 0 spiro atoms. The van der Waals surface area contributed by atoms with Gasteiger partial charge in [-0.2, -0.15) is 15.5 Å². The quantitative estimate of drug-likeness (QED) is 0.520. The molecule has 3 heterocycles. The highest BCUT2D eigenvalue weighted by atomic mass is 19.3. The molecule has 4 aromatic rings. The van der Waals surface area contributed by atoms with Crippen LogP contribution >= 0.6 is 0 Å². The molecule has 4 rings (SSSR count). The van der Waals surface area contributed by atoms with E-state index in [-0.39, 0.29) is 17.3 Å². The van der Waals surface area contributed by atoms with E-state index in [9.17, 15) is 8.78 Å². The summed E-state index contributed by atoms with van der Waals surface area (Å²) in [6.07, 6.45) is -1.22. The van der Waals surface area contributed by atoms with E-state index in [1.807, 2.05) is 12.1 Å². The summed E-state index contributed by atoms with van der Waals surface area (Å²) in [6, 6.07) is 13.6. The number of H-pyrrole nitrogens is 1. The molecule has 0 aliphatic carbocycles. The van der Waals surface area contributed by atoms with E-state index >= 15 is 0 Å². The zero-order valence-corrected chi connectivity index (χ0v) is 16.7. The third-order valence-corrected chi connectivity index (χ3v) is 4.67. The van der Waals surface area contributed by atoms with Crippen molar-refractivity contribution in [2.75, 3.05) is 5.73 Å². The number of hydrogen-bond donors (Lipinski definition) is 2. The Bertz CT molecular complexity index is 1350. The summed E-state index contributed by atoms with van der Waals surface area (Å²) in [4.78, 5) is 7.32. The van der Waals surface area contributed by atoms with Crippen molar-refractivity contribution in [1.82, 2.24) is 29.5 Å². The lowest BCUT2D eigenvalue weighted by atomic mass is 10.1. The Morgan fingerprint density at radius 3 is 2.55 bits per heavy atom. The average Bonchev–Trinajstić information content (AvgIpc) is 3.28. The Morgan fingerprint density at radius 2 is 1.87 bits per heavy atom. The van der Waals surface area contributed by atoms with Crippen LogP contribution in [0.15, 0.2) is 48.7 Å². The number of rotatable bonds is 3. The van der Waals surface area contributed by atoms with Gasteiger partial charge in [-0.05, 0) is 31.2 Å². The number of nitrogens with two attached hydrogens (primary N) is 1. The first-order valence-corrected chi connectivity index (χ1v) is 9.28. The van der Waals surface area contributed by atoms with Crippen LogP contribution < -0.4 is 5.73 Å². The number of hydrogen-bond acceptors (Lipinski definition) is 5. The third kappa shape index (κ3) is 3.81. The lowest BCUT2D eigenvalue weighted by Crippen LogP contribution is -2.04. The van der Waals surface area contributed by atoms with Crippen molar-refractivity contribution >= 4 is 16.9 Å². The zero-order chi connectivity index (χ0) is 22.1. The first-order valence-electron chi connectivity index (χ1n) is 9.28. The Balaban J connectivity index is 1.93. The van der Waals surface area contributed by atoms with Crippen molar-refractivity contribution in [2.24, 2.45) is 7.05 Å². The van der Waals surface area contributed by atoms with Gasteiger partial charge in [0.15, 0.2) is 11.5 Å². The van der Waals surface area contributed by atoms with Gasteiger partial charge in [-0.3, -0.25) is 4.68 Å². The maximum atomic E-state index is 13.4. The molecule has 0 aliphatic rings. The van der Waals surface area contributed by atoms with Crippen LogP contribution in [0.25, 0.3) is 28.1 Å². The molecule has 0 fully saturated rings. The van der Waals surface area contributed by atoms with Gasteiger partial charge < -0.3 is 10.7 Å². The molecular weight excluding hydrogens is 402 g/mol. The van der Waals surface area contributed by atoms with E-state index in [1.54, 1.807) is 36.9 Å². The fraction of sp³-hybridized carbons (Fsp3) is 0.143. The topological polar surface area (TPSA) is 114 Å². The number of nitriles is 1. The molecule has 0 unspecified atom stereocenters. The van der Waals surface area contributed by atoms with Gasteiger partial charge in [-0.1, -0.05) is 12.1 Å². The van der Waals surface area contributed by atoms with Gasteiger partial charge in [0.25, 0.3) is 6.43 Å². The number of halogens is 2. The number of nitrogens with one attached hydrogen (secondary N) is 1. The van der Waals surface area contributed by atoms with E-state index in [4.69, 9.17) is 11.0 Å². The normalized spacial score (nSPS) is 11.0. The van der Waals surface area contributed by atoms with Crippen molar-refractivity contribution in [3.8, 4) is 23.1 Å². The predicted molar refractivity (Wildman–Crippen MR) is 112 cm³/mol. The van der Waals surface area contributed by atoms with E-state index < -0.39 is 6.43 Å². The molecule has 3 aromatic heterocycles. The monoisotopic (exact) mass is 420 g/mol. The molecule has 0 radical (unpaired) electrons. The first-order chi connectivity index (χ1) is 14.9. The molecule has 0 aliphatic heterocycles. The number of benzene rings is 1. The predicted octanol–water partition coefficient (Wildman–Crippen LogP) is 3.97. The first kappa shape index (κ1) is 20.0. The van der Waals surface area contributed by atoms with Crippen LogP contribution in [0, 0.1) is 18.3 Å². The van der Waals surface area contributed by atoms with Gasteiger partial charge in [0.1, 0.15) is 11.5 Å². The summed E-state index contributed by atoms with van der Waals surface area (Å²) in [5, 5.41) is 18.3. The minimum absolute atomic E-state index is 0.138. The molecule has 0 amide bonds. The van der Waals surface area contributed by atoms with E-state index in [1.165, 1.54) is 18.3 Å². The lowest BCUT2D eigenvalue weighted by molar-refractivity contribution is 0.142. The highest BCUT2D eigenvalue weighted by molar-refractivity contribution is 5.91. The van der Waals surface area contributed by atoms with E-state index in [0.717, 1.165) is 15.9 Å². The number of aromatic nitrogens is 6. The van der Waals surface area contributed by atoms with Crippen molar-refractivity contribution in [2.45, 2.75) is 13.3 Å². The second kappa shape index (κ2) is 7.87. The van der Waals surface area contributed by atoms with Crippen LogP contribution in [-0.2, 0) is 7.05 Å². The molecule has 1 aromatic carbocycles. The SMILES string of the molecule is Cc1cc(C(F)F)n(-c2cc(N)[nH]c3nn(C)c(-c4ccc(C#N)cc4)c3ccn2)n1. The third-order valence-electron chi connectivity index (χ3n) is 4.67. The molecule has 0 saturated heterocycles. The minimum atomic E-state index is -2.72. The van der Waals surface area contributed by atoms with Crippen molar-refractivity contribution in [1.29, 1.82) is 5.26 Å². The summed E-state index contributed by atoms with van der Waals surface area (Å²) in [5.74, 6) is 0.306. The molecule has 156 valence electrons. The van der Waals surface area contributed by atoms with Crippen molar-refractivity contribution in [3.05, 3.63) is 65.6 Å². The van der Waals surface area contributed by atoms with Crippen molar-refractivity contribution < 1.29 is 8.78 Å². The molecule has 31 heavy (non-hydrogen) atoms. The summed E-state index contributed by atoms with van der Waals surface area (Å²) in [7, 11) is 1.79. The Labute approximate surface area is 175 Å². The maximum Gasteiger partial charge on any atom is 0.280 e. The molecule has 0 atom stereocenters. The summed E-state index contributed by atoms with van der Waals surface area (Å²) in [6.45, 7) is 1.63. The van der Waals surface area contributed by atoms with Gasteiger partial charge in [0.2, 0.25) is 0 Å². The van der Waals surface area contributed by atoms with Crippen LogP contribution in [0.2, 0.25) is 0 Å². The van der Waals surface area contributed by atoms with E-state index in [0.29, 0.717) is 22.3 Å². The number of fused-ring (bicyclic) bond motifs is 1. The van der Waals surface area contributed by atoms with Gasteiger partial charge in [0, 0.05) is 30.3 Å². The second-order valence-electron chi connectivity index (χ2n) is 6.87. The average molecular weight is 420 g/mol. The standard InChI is InChI=1S/C21H18F2N8/c1-12-9-16(20(22)23)31(28-12)18-10-17(25)27-21-15(7-8-26-18)19(30(2)29-21)14-5-3-13(11-24)4-6-14/h3-10,20H,25H2,1-2H3,(H,27,29). The number of alkyl halides is 2. The Morgan fingerprint density at radius 1 is 1.13 bits per heavy atom. The van der Waals surface area contributed by atoms with Crippen LogP contribution in [0.4, 0.5) is 14.6 Å².